The second-order valence-electron chi connectivity index (χ2n) is 11.9. The molecule has 0 spiro atoms. The third-order valence-corrected chi connectivity index (χ3v) is 9.75. The lowest BCUT2D eigenvalue weighted by atomic mass is 9.89. The number of aromatic nitrogens is 4. The molecule has 2 aromatic heterocycles. The number of carbonyl (C=O) groups excluding carboxylic acids is 4. The number of rotatable bonds is 6. The first-order chi connectivity index (χ1) is 22.0. The van der Waals surface area contributed by atoms with Crippen LogP contribution in [0.25, 0.3) is 22.4 Å². The van der Waals surface area contributed by atoms with Gasteiger partial charge in [0, 0.05) is 37.2 Å². The van der Waals surface area contributed by atoms with E-state index in [1.54, 1.807) is 18.3 Å². The Morgan fingerprint density at radius 1 is 1.09 bits per heavy atom. The molecule has 46 heavy (non-hydrogen) atoms. The van der Waals surface area contributed by atoms with Crippen LogP contribution in [-0.4, -0.2) is 73.4 Å². The number of fused-ring (bicyclic) bond motifs is 2. The van der Waals surface area contributed by atoms with E-state index in [2.05, 4.69) is 37.6 Å². The molecular weight excluding hydrogens is 638 g/mol. The zero-order chi connectivity index (χ0) is 32.3. The molecule has 3 aliphatic rings. The Morgan fingerprint density at radius 3 is 2.63 bits per heavy atom. The minimum absolute atomic E-state index is 0.00177. The molecule has 236 valence electrons. The van der Waals surface area contributed by atoms with E-state index in [0.717, 1.165) is 17.7 Å². The second kappa shape index (κ2) is 11.4. The predicted octanol–water partition coefficient (Wildman–Crippen LogP) is 4.02. The summed E-state index contributed by atoms with van der Waals surface area (Å²) < 4.78 is 15.2. The van der Waals surface area contributed by atoms with Crippen molar-refractivity contribution in [3.63, 3.8) is 0 Å². The Labute approximate surface area is 271 Å². The van der Waals surface area contributed by atoms with Crippen molar-refractivity contribution in [3.05, 3.63) is 69.1 Å². The SMILES string of the molecule is CC1(NCc2cc(F)c3c(c2)C(=O)N(C2CCC(=O)NC2=O)C3=O)CCN(c2cnc3c(-c4cccc(Cl)c4Cl)n[nH]c3n2)CC1. The fourth-order valence-electron chi connectivity index (χ4n) is 6.25. The maximum atomic E-state index is 15.2. The molecule has 0 bridgehead atoms. The maximum Gasteiger partial charge on any atom is 0.265 e. The summed E-state index contributed by atoms with van der Waals surface area (Å²) in [6, 6.07) is 6.90. The number of imide groups is 2. The zero-order valence-electron chi connectivity index (χ0n) is 24.5. The van der Waals surface area contributed by atoms with Gasteiger partial charge in [-0.3, -0.25) is 34.5 Å². The standard InChI is InChI=1S/C31H27Cl2FN8O4/c1-31(36-13-15-11-17-23(19(34)12-15)30(46)42(29(17)45)20-5-6-22(43)38-28(20)44)7-9-41(10-8-31)21-14-35-26-25(39-40-27(26)37-21)16-3-2-4-18(32)24(16)33/h2-4,11-12,14,20,36H,5-10,13H2,1H3,(H,37,39,40)(H,38,43,44). The summed E-state index contributed by atoms with van der Waals surface area (Å²) in [7, 11) is 0. The number of H-pyrrole nitrogens is 1. The summed E-state index contributed by atoms with van der Waals surface area (Å²) in [5, 5.41) is 13.8. The first-order valence-electron chi connectivity index (χ1n) is 14.7. The van der Waals surface area contributed by atoms with E-state index in [4.69, 9.17) is 28.2 Å². The number of halogens is 3. The Hall–Kier alpha value is -4.46. The molecule has 3 aliphatic heterocycles. The third-order valence-electron chi connectivity index (χ3n) is 8.93. The molecule has 0 saturated carbocycles. The Morgan fingerprint density at radius 2 is 1.87 bits per heavy atom. The Balaban J connectivity index is 1.01. The van der Waals surface area contributed by atoms with Crippen LogP contribution in [0.5, 0.6) is 0 Å². The van der Waals surface area contributed by atoms with Crippen molar-refractivity contribution in [2.45, 2.75) is 50.7 Å². The van der Waals surface area contributed by atoms with Gasteiger partial charge in [0.1, 0.15) is 28.9 Å². The number of amides is 4. The highest BCUT2D eigenvalue weighted by Crippen LogP contribution is 2.36. The van der Waals surface area contributed by atoms with E-state index in [9.17, 15) is 19.2 Å². The minimum Gasteiger partial charge on any atom is -0.355 e. The van der Waals surface area contributed by atoms with Gasteiger partial charge in [-0.2, -0.15) is 5.10 Å². The number of anilines is 1. The number of nitrogens with zero attached hydrogens (tertiary/aromatic N) is 5. The van der Waals surface area contributed by atoms with Crippen LogP contribution in [0.4, 0.5) is 10.2 Å². The summed E-state index contributed by atoms with van der Waals surface area (Å²) >= 11 is 12.6. The monoisotopic (exact) mass is 664 g/mol. The quantitative estimate of drug-likeness (QED) is 0.259. The van der Waals surface area contributed by atoms with Gasteiger partial charge in [0.05, 0.1) is 27.4 Å². The average Bonchev–Trinajstić information content (AvgIpc) is 3.56. The van der Waals surface area contributed by atoms with Gasteiger partial charge < -0.3 is 10.2 Å². The molecule has 12 nitrogen and oxygen atoms in total. The summed E-state index contributed by atoms with van der Waals surface area (Å²) in [6.45, 7) is 3.70. The molecule has 0 aliphatic carbocycles. The van der Waals surface area contributed by atoms with Crippen LogP contribution in [0.1, 0.15) is 58.9 Å². The van der Waals surface area contributed by atoms with Crippen molar-refractivity contribution < 1.29 is 23.6 Å². The van der Waals surface area contributed by atoms with Crippen molar-refractivity contribution in [2.75, 3.05) is 18.0 Å². The van der Waals surface area contributed by atoms with Gasteiger partial charge >= 0.3 is 0 Å². The molecule has 2 saturated heterocycles. The van der Waals surface area contributed by atoms with E-state index >= 15 is 4.39 Å². The summed E-state index contributed by atoms with van der Waals surface area (Å²) in [5.74, 6) is -2.95. The molecule has 15 heteroatoms. The Bertz CT molecular complexity index is 1960. The van der Waals surface area contributed by atoms with E-state index in [-0.39, 0.29) is 36.1 Å². The van der Waals surface area contributed by atoms with Crippen LogP contribution in [0.15, 0.2) is 36.5 Å². The highest BCUT2D eigenvalue weighted by atomic mass is 35.5. The molecule has 2 fully saturated rings. The second-order valence-corrected chi connectivity index (χ2v) is 12.7. The van der Waals surface area contributed by atoms with E-state index in [0.29, 0.717) is 56.9 Å². The Kier molecular flexibility index (Phi) is 7.49. The molecule has 7 rings (SSSR count). The number of piperidine rings is 2. The largest absolute Gasteiger partial charge is 0.355 e. The van der Waals surface area contributed by atoms with E-state index in [1.807, 2.05) is 6.07 Å². The number of nitrogens with one attached hydrogen (secondary N) is 3. The molecule has 0 radical (unpaired) electrons. The topological polar surface area (TPSA) is 153 Å². The smallest absolute Gasteiger partial charge is 0.265 e. The fourth-order valence-corrected chi connectivity index (χ4v) is 6.64. The molecular formula is C31H27Cl2FN8O4. The lowest BCUT2D eigenvalue weighted by Gasteiger charge is -2.40. The first kappa shape index (κ1) is 30.2. The summed E-state index contributed by atoms with van der Waals surface area (Å²) in [4.78, 5) is 62.3. The molecule has 3 N–H and O–H groups in total. The van der Waals surface area contributed by atoms with Gasteiger partial charge in [-0.15, -0.1) is 0 Å². The van der Waals surface area contributed by atoms with Gasteiger partial charge in [0.15, 0.2) is 5.65 Å². The van der Waals surface area contributed by atoms with Crippen LogP contribution in [0, 0.1) is 5.82 Å². The van der Waals surface area contributed by atoms with Crippen molar-refractivity contribution in [1.29, 1.82) is 0 Å². The van der Waals surface area contributed by atoms with E-state index < -0.39 is 35.5 Å². The molecule has 2 aromatic carbocycles. The zero-order valence-corrected chi connectivity index (χ0v) is 26.0. The van der Waals surface area contributed by atoms with Gasteiger partial charge in [0.2, 0.25) is 11.8 Å². The van der Waals surface area contributed by atoms with Crippen LogP contribution in [0.2, 0.25) is 10.0 Å². The minimum atomic E-state index is -1.16. The maximum absolute atomic E-state index is 15.2. The van der Waals surface area contributed by atoms with Crippen LogP contribution in [-0.2, 0) is 16.1 Å². The molecule has 1 unspecified atom stereocenters. The van der Waals surface area contributed by atoms with Crippen molar-refractivity contribution in [1.82, 2.24) is 35.7 Å². The first-order valence-corrected chi connectivity index (χ1v) is 15.5. The highest BCUT2D eigenvalue weighted by molar-refractivity contribution is 6.43. The number of aromatic amines is 1. The third kappa shape index (κ3) is 5.17. The summed E-state index contributed by atoms with van der Waals surface area (Å²) in [5.41, 5.74) is 2.10. The van der Waals surface area contributed by atoms with Gasteiger partial charge in [-0.25, -0.2) is 14.4 Å². The summed E-state index contributed by atoms with van der Waals surface area (Å²) in [6.07, 6.45) is 3.18. The van der Waals surface area contributed by atoms with E-state index in [1.165, 1.54) is 12.1 Å². The average molecular weight is 666 g/mol. The number of benzene rings is 2. The van der Waals surface area contributed by atoms with Gasteiger partial charge in [-0.1, -0.05) is 35.3 Å². The lowest BCUT2D eigenvalue weighted by molar-refractivity contribution is -0.136. The van der Waals surface area contributed by atoms with Crippen molar-refractivity contribution in [3.8, 4) is 11.3 Å². The molecule has 4 amide bonds. The number of hydrogen-bond acceptors (Lipinski definition) is 9. The van der Waals surface area contributed by atoms with Crippen molar-refractivity contribution >= 4 is 63.8 Å². The normalized spacial score (nSPS) is 19.6. The molecule has 1 atom stereocenters. The number of carbonyl (C=O) groups is 4. The highest BCUT2D eigenvalue weighted by Gasteiger charge is 2.46. The molecule has 5 heterocycles. The van der Waals surface area contributed by atoms with Gasteiger partial charge in [0.25, 0.3) is 11.8 Å². The van der Waals surface area contributed by atoms with Crippen molar-refractivity contribution in [2.24, 2.45) is 0 Å². The predicted molar refractivity (Wildman–Crippen MR) is 167 cm³/mol. The van der Waals surface area contributed by atoms with Crippen LogP contribution >= 0.6 is 23.2 Å². The molecule has 4 aromatic rings. The fraction of sp³-hybridized carbons (Fsp3) is 0.323. The van der Waals surface area contributed by atoms with Crippen LogP contribution < -0.4 is 15.5 Å². The van der Waals surface area contributed by atoms with Gasteiger partial charge in [-0.05, 0) is 49.9 Å². The number of hydrogen-bond donors (Lipinski definition) is 3. The van der Waals surface area contributed by atoms with Crippen LogP contribution in [0.3, 0.4) is 0 Å². The lowest BCUT2D eigenvalue weighted by Crippen LogP contribution is -2.54.